The van der Waals surface area contributed by atoms with E-state index in [1.165, 1.54) is 0 Å². The van der Waals surface area contributed by atoms with E-state index in [-0.39, 0.29) is 0 Å². The summed E-state index contributed by atoms with van der Waals surface area (Å²) in [5, 5.41) is 6.72. The van der Waals surface area contributed by atoms with Crippen molar-refractivity contribution in [1.82, 2.24) is 0 Å². The molecule has 0 aromatic carbocycles. The molecule has 6 heavy (non-hydrogen) atoms. The van der Waals surface area contributed by atoms with Crippen LogP contribution in [-0.2, 0) is 0 Å². The van der Waals surface area contributed by atoms with Crippen LogP contribution in [0.1, 0.15) is 13.8 Å². The molecular weight excluding hydrogens is 76.1 g/mol. The van der Waals surface area contributed by atoms with E-state index in [2.05, 4.69) is 10.2 Å². The summed E-state index contributed by atoms with van der Waals surface area (Å²) in [6.07, 6.45) is 0. The largest absolute Gasteiger partial charge is 0.198 e. The molecule has 38 valence electrons. The van der Waals surface area contributed by atoms with E-state index in [4.69, 9.17) is 0 Å². The van der Waals surface area contributed by atoms with Crippen molar-refractivity contribution in [2.75, 3.05) is 14.1 Å². The summed E-state index contributed by atoms with van der Waals surface area (Å²) in [6.45, 7) is 4.00. The van der Waals surface area contributed by atoms with Gasteiger partial charge in [0.1, 0.15) is 0 Å². The Morgan fingerprint density at radius 2 is 1.00 bits per heavy atom. The van der Waals surface area contributed by atoms with Crippen molar-refractivity contribution in [3.05, 3.63) is 0 Å². The van der Waals surface area contributed by atoms with E-state index in [1.807, 2.05) is 13.8 Å². The highest BCUT2D eigenvalue weighted by atomic mass is 15.0. The minimum Gasteiger partial charge on any atom is -0.198 e. The Labute approximate surface area is 39.3 Å². The van der Waals surface area contributed by atoms with Crippen LogP contribution < -0.4 is 0 Å². The molecule has 0 atom stereocenters. The SMILES string of the molecule is CC.CN=NC. The van der Waals surface area contributed by atoms with Crippen LogP contribution in [0, 0.1) is 0 Å². The van der Waals surface area contributed by atoms with Crippen molar-refractivity contribution in [1.29, 1.82) is 0 Å². The summed E-state index contributed by atoms with van der Waals surface area (Å²) in [7, 11) is 3.28. The average molecular weight is 88.2 g/mol. The topological polar surface area (TPSA) is 24.7 Å². The van der Waals surface area contributed by atoms with Gasteiger partial charge in [0.15, 0.2) is 0 Å². The van der Waals surface area contributed by atoms with Crippen LogP contribution in [0.25, 0.3) is 0 Å². The number of azo groups is 1. The number of hydrogen-bond acceptors (Lipinski definition) is 2. The Hall–Kier alpha value is -0.400. The number of hydrogen-bond donors (Lipinski definition) is 0. The van der Waals surface area contributed by atoms with Crippen molar-refractivity contribution in [3.8, 4) is 0 Å². The molecule has 0 aliphatic heterocycles. The number of nitrogens with zero attached hydrogens (tertiary/aromatic N) is 2. The normalized spacial score (nSPS) is 7.33. The van der Waals surface area contributed by atoms with Gasteiger partial charge in [-0.05, 0) is 0 Å². The first-order valence-electron chi connectivity index (χ1n) is 2.09. The zero-order valence-electron chi connectivity index (χ0n) is 4.89. The first-order valence-corrected chi connectivity index (χ1v) is 2.09. The average Bonchev–Trinajstić information content (AvgIpc) is 1.72. The van der Waals surface area contributed by atoms with Crippen molar-refractivity contribution >= 4 is 0 Å². The van der Waals surface area contributed by atoms with Gasteiger partial charge in [0, 0.05) is 14.1 Å². The Balaban J connectivity index is 0. The Kier molecular flexibility index (Phi) is 35.5. The molecule has 0 N–H and O–H groups in total. The fourth-order valence-corrected chi connectivity index (χ4v) is 0. The lowest BCUT2D eigenvalue weighted by Gasteiger charge is -1.54. The Morgan fingerprint density at radius 3 is 1.00 bits per heavy atom. The van der Waals surface area contributed by atoms with Gasteiger partial charge in [-0.3, -0.25) is 0 Å². The molecule has 0 saturated heterocycles. The third-order valence-corrected chi connectivity index (χ3v) is 0.200. The summed E-state index contributed by atoms with van der Waals surface area (Å²) in [5.74, 6) is 0. The molecule has 0 heterocycles. The van der Waals surface area contributed by atoms with Crippen LogP contribution in [0.5, 0.6) is 0 Å². The van der Waals surface area contributed by atoms with E-state index in [0.717, 1.165) is 0 Å². The summed E-state index contributed by atoms with van der Waals surface area (Å²) in [5.41, 5.74) is 0. The Morgan fingerprint density at radius 1 is 0.833 bits per heavy atom. The molecular formula is C4H12N2. The molecule has 0 saturated carbocycles. The first-order chi connectivity index (χ1) is 2.91. The highest BCUT2D eigenvalue weighted by Gasteiger charge is 1.31. The van der Waals surface area contributed by atoms with E-state index < -0.39 is 0 Å². The lowest BCUT2D eigenvalue weighted by molar-refractivity contribution is 1.11. The predicted molar refractivity (Wildman–Crippen MR) is 28.1 cm³/mol. The van der Waals surface area contributed by atoms with Crippen molar-refractivity contribution in [2.45, 2.75) is 13.8 Å². The van der Waals surface area contributed by atoms with E-state index >= 15 is 0 Å². The molecule has 0 aliphatic carbocycles. The Bertz CT molecular complexity index is 20.7. The molecule has 0 aromatic rings. The number of rotatable bonds is 0. The molecule has 0 unspecified atom stereocenters. The van der Waals surface area contributed by atoms with Gasteiger partial charge in [-0.2, -0.15) is 10.2 Å². The van der Waals surface area contributed by atoms with Crippen molar-refractivity contribution in [3.63, 3.8) is 0 Å². The summed E-state index contributed by atoms with van der Waals surface area (Å²) in [4.78, 5) is 0. The second kappa shape index (κ2) is 23.3. The van der Waals surface area contributed by atoms with Crippen LogP contribution in [0.2, 0.25) is 0 Å². The highest BCUT2D eigenvalue weighted by molar-refractivity contribution is 3.96. The fourth-order valence-electron chi connectivity index (χ4n) is 0. The standard InChI is InChI=1S/C2H6N2.C2H6/c1-3-4-2;1-2/h1-2H3;1-2H3. The van der Waals surface area contributed by atoms with Crippen LogP contribution in [0.15, 0.2) is 10.2 Å². The smallest absolute Gasteiger partial charge is 0.0487 e. The first kappa shape index (κ1) is 9.14. The van der Waals surface area contributed by atoms with Gasteiger partial charge in [0.05, 0.1) is 0 Å². The van der Waals surface area contributed by atoms with Gasteiger partial charge < -0.3 is 0 Å². The van der Waals surface area contributed by atoms with Gasteiger partial charge in [-0.25, -0.2) is 0 Å². The molecule has 0 spiro atoms. The van der Waals surface area contributed by atoms with E-state index in [9.17, 15) is 0 Å². The van der Waals surface area contributed by atoms with Gasteiger partial charge in [-0.1, -0.05) is 13.8 Å². The minimum atomic E-state index is 1.64. The van der Waals surface area contributed by atoms with Crippen molar-refractivity contribution in [2.24, 2.45) is 10.2 Å². The van der Waals surface area contributed by atoms with Gasteiger partial charge in [0.25, 0.3) is 0 Å². The maximum absolute atomic E-state index is 3.36. The van der Waals surface area contributed by atoms with Crippen molar-refractivity contribution < 1.29 is 0 Å². The van der Waals surface area contributed by atoms with E-state index in [0.29, 0.717) is 0 Å². The van der Waals surface area contributed by atoms with Crippen LogP contribution in [0.4, 0.5) is 0 Å². The van der Waals surface area contributed by atoms with Gasteiger partial charge in [-0.15, -0.1) is 0 Å². The zero-order chi connectivity index (χ0) is 5.41. The molecule has 0 bridgehead atoms. The fraction of sp³-hybridized carbons (Fsp3) is 1.00. The second-order valence-electron chi connectivity index (χ2n) is 0.400. The lowest BCUT2D eigenvalue weighted by atomic mass is 11.0. The minimum absolute atomic E-state index is 1.64. The van der Waals surface area contributed by atoms with Crippen LogP contribution >= 0.6 is 0 Å². The molecule has 2 nitrogen and oxygen atoms in total. The maximum Gasteiger partial charge on any atom is 0.0487 e. The van der Waals surface area contributed by atoms with Crippen LogP contribution in [0.3, 0.4) is 0 Å². The molecule has 0 radical (unpaired) electrons. The summed E-state index contributed by atoms with van der Waals surface area (Å²) >= 11 is 0. The summed E-state index contributed by atoms with van der Waals surface area (Å²) < 4.78 is 0. The molecule has 0 fully saturated rings. The zero-order valence-corrected chi connectivity index (χ0v) is 4.89. The highest BCUT2D eigenvalue weighted by Crippen LogP contribution is 1.48. The van der Waals surface area contributed by atoms with E-state index in [1.54, 1.807) is 14.1 Å². The molecule has 0 aliphatic rings. The lowest BCUT2D eigenvalue weighted by Crippen LogP contribution is -1.38. The third-order valence-electron chi connectivity index (χ3n) is 0.200. The monoisotopic (exact) mass is 88.1 g/mol. The molecule has 2 heteroatoms. The third kappa shape index (κ3) is 67.6. The molecule has 0 amide bonds. The maximum atomic E-state index is 3.36. The van der Waals surface area contributed by atoms with Crippen LogP contribution in [-0.4, -0.2) is 14.1 Å². The second-order valence-corrected chi connectivity index (χ2v) is 0.400. The quantitative estimate of drug-likeness (QED) is 0.403. The molecule has 0 aromatic heterocycles. The molecule has 0 rings (SSSR count). The predicted octanol–water partition coefficient (Wildman–Crippen LogP) is 1.72. The van der Waals surface area contributed by atoms with Gasteiger partial charge in [0.2, 0.25) is 0 Å². The van der Waals surface area contributed by atoms with Gasteiger partial charge >= 0.3 is 0 Å². The summed E-state index contributed by atoms with van der Waals surface area (Å²) in [6, 6.07) is 0.